The first-order valence-electron chi connectivity index (χ1n) is 7.55. The standard InChI is InChI=1S/C17H20N2O4S/c1-19(2)9-13-14(15(16(18)24-13)17(20)21-3)10-4-5-11-12(8-10)23-7-6-22-11/h4-5,8H,6-7,9,18H2,1-3H3. The summed E-state index contributed by atoms with van der Waals surface area (Å²) in [6.07, 6.45) is 0. The molecule has 0 unspecified atom stereocenters. The Bertz CT molecular complexity index is 770. The van der Waals surface area contributed by atoms with Gasteiger partial charge in [0.15, 0.2) is 11.5 Å². The molecule has 2 aromatic rings. The molecule has 0 fully saturated rings. The smallest absolute Gasteiger partial charge is 0.341 e. The average molecular weight is 348 g/mol. The Kier molecular flexibility index (Phi) is 4.64. The number of rotatable bonds is 4. The van der Waals surface area contributed by atoms with Gasteiger partial charge < -0.3 is 24.8 Å². The van der Waals surface area contributed by atoms with Crippen molar-refractivity contribution >= 4 is 22.3 Å². The van der Waals surface area contributed by atoms with E-state index in [1.807, 2.05) is 37.2 Å². The number of nitrogens with zero attached hydrogens (tertiary/aromatic N) is 1. The molecule has 2 N–H and O–H groups in total. The number of carbonyl (C=O) groups is 1. The fraction of sp³-hybridized carbons (Fsp3) is 0.353. The van der Waals surface area contributed by atoms with Crippen LogP contribution in [0.1, 0.15) is 15.2 Å². The highest BCUT2D eigenvalue weighted by Gasteiger charge is 2.25. The number of fused-ring (bicyclic) bond motifs is 1. The molecule has 7 heteroatoms. The minimum Gasteiger partial charge on any atom is -0.486 e. The summed E-state index contributed by atoms with van der Waals surface area (Å²) in [6.45, 7) is 1.73. The van der Waals surface area contributed by atoms with Crippen LogP contribution in [0.5, 0.6) is 11.5 Å². The molecule has 128 valence electrons. The molecular formula is C17H20N2O4S. The summed E-state index contributed by atoms with van der Waals surface area (Å²) >= 11 is 1.41. The fourth-order valence-corrected chi connectivity index (χ4v) is 3.90. The molecule has 2 heterocycles. The summed E-state index contributed by atoms with van der Waals surface area (Å²) in [5, 5.41) is 0.462. The number of thiophene rings is 1. The van der Waals surface area contributed by atoms with Gasteiger partial charge in [0.25, 0.3) is 0 Å². The van der Waals surface area contributed by atoms with Gasteiger partial charge in [-0.1, -0.05) is 6.07 Å². The minimum absolute atomic E-state index is 0.413. The van der Waals surface area contributed by atoms with Crippen LogP contribution in [0, 0.1) is 0 Å². The molecule has 6 nitrogen and oxygen atoms in total. The van der Waals surface area contributed by atoms with E-state index in [-0.39, 0.29) is 0 Å². The van der Waals surface area contributed by atoms with Crippen molar-refractivity contribution in [3.63, 3.8) is 0 Å². The second kappa shape index (κ2) is 6.70. The Morgan fingerprint density at radius 3 is 2.67 bits per heavy atom. The van der Waals surface area contributed by atoms with E-state index in [1.165, 1.54) is 18.4 Å². The zero-order valence-electron chi connectivity index (χ0n) is 13.9. The average Bonchev–Trinajstić information content (AvgIpc) is 2.88. The third-order valence-corrected chi connectivity index (χ3v) is 4.69. The second-order valence-corrected chi connectivity index (χ2v) is 6.86. The molecule has 1 aliphatic rings. The molecule has 0 aliphatic carbocycles. The maximum absolute atomic E-state index is 12.3. The number of esters is 1. The highest BCUT2D eigenvalue weighted by Crippen LogP contribution is 2.42. The zero-order chi connectivity index (χ0) is 17.3. The third kappa shape index (κ3) is 3.05. The van der Waals surface area contributed by atoms with Crippen molar-refractivity contribution in [3.05, 3.63) is 28.6 Å². The summed E-state index contributed by atoms with van der Waals surface area (Å²) in [5.74, 6) is 0.954. The largest absolute Gasteiger partial charge is 0.486 e. The van der Waals surface area contributed by atoms with Gasteiger partial charge in [0.05, 0.1) is 7.11 Å². The lowest BCUT2D eigenvalue weighted by Gasteiger charge is -2.19. The number of benzene rings is 1. The molecule has 0 saturated carbocycles. The highest BCUT2D eigenvalue weighted by molar-refractivity contribution is 7.17. The predicted molar refractivity (Wildman–Crippen MR) is 93.9 cm³/mol. The number of methoxy groups -OCH3 is 1. The van der Waals surface area contributed by atoms with Crippen LogP contribution in [0.4, 0.5) is 5.00 Å². The van der Waals surface area contributed by atoms with Gasteiger partial charge in [-0.25, -0.2) is 4.79 Å². The number of hydrogen-bond acceptors (Lipinski definition) is 7. The topological polar surface area (TPSA) is 74.0 Å². The van der Waals surface area contributed by atoms with E-state index in [0.29, 0.717) is 41.8 Å². The van der Waals surface area contributed by atoms with Crippen molar-refractivity contribution in [3.8, 4) is 22.6 Å². The summed E-state index contributed by atoms with van der Waals surface area (Å²) in [4.78, 5) is 15.3. The third-order valence-electron chi connectivity index (χ3n) is 3.69. The van der Waals surface area contributed by atoms with Crippen molar-refractivity contribution in [2.45, 2.75) is 6.54 Å². The summed E-state index contributed by atoms with van der Waals surface area (Å²) in [6, 6.07) is 5.67. The lowest BCUT2D eigenvalue weighted by molar-refractivity contribution is 0.0603. The molecule has 1 aromatic carbocycles. The Labute approximate surface area is 144 Å². The zero-order valence-corrected chi connectivity index (χ0v) is 14.7. The van der Waals surface area contributed by atoms with Crippen LogP contribution in [0.2, 0.25) is 0 Å². The Hall–Kier alpha value is -2.25. The number of nitrogens with two attached hydrogens (primary N) is 1. The maximum atomic E-state index is 12.3. The van der Waals surface area contributed by atoms with Crippen LogP contribution in [0.3, 0.4) is 0 Å². The quantitative estimate of drug-likeness (QED) is 0.856. The van der Waals surface area contributed by atoms with Gasteiger partial charge in [-0.3, -0.25) is 0 Å². The van der Waals surface area contributed by atoms with E-state index in [2.05, 4.69) is 0 Å². The number of nitrogen functional groups attached to an aromatic ring is 1. The van der Waals surface area contributed by atoms with Crippen LogP contribution < -0.4 is 15.2 Å². The van der Waals surface area contributed by atoms with Crippen molar-refractivity contribution in [2.75, 3.05) is 40.2 Å². The van der Waals surface area contributed by atoms with Crippen molar-refractivity contribution in [1.82, 2.24) is 4.90 Å². The van der Waals surface area contributed by atoms with E-state index in [4.69, 9.17) is 19.9 Å². The lowest BCUT2D eigenvalue weighted by atomic mass is 10.00. The van der Waals surface area contributed by atoms with Crippen LogP contribution in [0.25, 0.3) is 11.1 Å². The van der Waals surface area contributed by atoms with Gasteiger partial charge in [-0.05, 0) is 31.8 Å². The van der Waals surface area contributed by atoms with Gasteiger partial charge in [-0.15, -0.1) is 11.3 Å². The molecule has 24 heavy (non-hydrogen) atoms. The van der Waals surface area contributed by atoms with Crippen molar-refractivity contribution < 1.29 is 19.0 Å². The van der Waals surface area contributed by atoms with E-state index < -0.39 is 5.97 Å². The minimum atomic E-state index is -0.432. The molecule has 0 saturated heterocycles. The molecular weight excluding hydrogens is 328 g/mol. The summed E-state index contributed by atoms with van der Waals surface area (Å²) in [7, 11) is 5.31. The SMILES string of the molecule is COC(=O)c1c(N)sc(CN(C)C)c1-c1ccc2c(c1)OCCO2. The van der Waals surface area contributed by atoms with E-state index in [0.717, 1.165) is 16.0 Å². The van der Waals surface area contributed by atoms with Gasteiger partial charge in [0.1, 0.15) is 23.8 Å². The number of hydrogen-bond donors (Lipinski definition) is 1. The maximum Gasteiger partial charge on any atom is 0.341 e. The molecule has 1 aliphatic heterocycles. The summed E-state index contributed by atoms with van der Waals surface area (Å²) < 4.78 is 16.2. The van der Waals surface area contributed by atoms with E-state index in [1.54, 1.807) is 0 Å². The van der Waals surface area contributed by atoms with E-state index in [9.17, 15) is 4.79 Å². The van der Waals surface area contributed by atoms with Crippen molar-refractivity contribution in [1.29, 1.82) is 0 Å². The highest BCUT2D eigenvalue weighted by atomic mass is 32.1. The van der Waals surface area contributed by atoms with Gasteiger partial charge in [0.2, 0.25) is 0 Å². The Morgan fingerprint density at radius 1 is 1.29 bits per heavy atom. The second-order valence-electron chi connectivity index (χ2n) is 5.73. The van der Waals surface area contributed by atoms with Gasteiger partial charge >= 0.3 is 5.97 Å². The molecule has 0 amide bonds. The Balaban J connectivity index is 2.15. The molecule has 3 rings (SSSR count). The molecule has 0 atom stereocenters. The van der Waals surface area contributed by atoms with Crippen LogP contribution in [0.15, 0.2) is 18.2 Å². The number of carbonyl (C=O) groups excluding carboxylic acids is 1. The first kappa shape index (κ1) is 16.6. The normalized spacial score (nSPS) is 13.2. The van der Waals surface area contributed by atoms with Crippen LogP contribution in [-0.4, -0.2) is 45.3 Å². The first-order chi connectivity index (χ1) is 11.5. The molecule has 0 bridgehead atoms. The van der Waals surface area contributed by atoms with Gasteiger partial charge in [0, 0.05) is 17.0 Å². The van der Waals surface area contributed by atoms with Crippen molar-refractivity contribution in [2.24, 2.45) is 0 Å². The first-order valence-corrected chi connectivity index (χ1v) is 8.37. The van der Waals surface area contributed by atoms with Crippen LogP contribution in [-0.2, 0) is 11.3 Å². The van der Waals surface area contributed by atoms with Crippen LogP contribution >= 0.6 is 11.3 Å². The number of ether oxygens (including phenoxy) is 3. The fourth-order valence-electron chi connectivity index (χ4n) is 2.70. The van der Waals surface area contributed by atoms with Gasteiger partial charge in [-0.2, -0.15) is 0 Å². The van der Waals surface area contributed by atoms with E-state index >= 15 is 0 Å². The molecule has 0 radical (unpaired) electrons. The molecule has 0 spiro atoms. The number of anilines is 1. The monoisotopic (exact) mass is 348 g/mol. The Morgan fingerprint density at radius 2 is 2.00 bits per heavy atom. The lowest BCUT2D eigenvalue weighted by Crippen LogP contribution is -2.15. The molecule has 1 aromatic heterocycles. The predicted octanol–water partition coefficient (Wildman–Crippen LogP) is 2.62. The summed E-state index contributed by atoms with van der Waals surface area (Å²) in [5.41, 5.74) is 8.19.